The van der Waals surface area contributed by atoms with E-state index in [1.807, 2.05) is 0 Å². The summed E-state index contributed by atoms with van der Waals surface area (Å²) in [5.41, 5.74) is 0.0733. The Morgan fingerprint density at radius 1 is 1.27 bits per heavy atom. The van der Waals surface area contributed by atoms with Crippen LogP contribution in [-0.2, 0) is 4.74 Å². The maximum absolute atomic E-state index is 13.2. The smallest absolute Gasteiger partial charge is 0.359 e. The van der Waals surface area contributed by atoms with Crippen molar-refractivity contribution in [1.82, 2.24) is 14.9 Å². The molecule has 1 amide bonds. The average Bonchev–Trinajstić information content (AvgIpc) is 3.36. The molecule has 0 saturated carbocycles. The molecule has 0 fully saturated rings. The van der Waals surface area contributed by atoms with E-state index in [1.165, 1.54) is 6.07 Å². The van der Waals surface area contributed by atoms with Gasteiger partial charge in [-0.2, -0.15) is 9.78 Å². The van der Waals surface area contributed by atoms with Crippen LogP contribution in [0.1, 0.15) is 33.7 Å². The number of hydrogen-bond acceptors (Lipinski definition) is 8. The number of ether oxygens (including phenoxy) is 1. The molecule has 0 spiro atoms. The lowest BCUT2D eigenvalue weighted by molar-refractivity contribution is 0.0520. The lowest BCUT2D eigenvalue weighted by atomic mass is 10.2. The number of fused-ring (bicyclic) bond motifs is 1. The van der Waals surface area contributed by atoms with E-state index < -0.39 is 17.4 Å². The van der Waals surface area contributed by atoms with Gasteiger partial charge in [0.2, 0.25) is 0 Å². The summed E-state index contributed by atoms with van der Waals surface area (Å²) >= 11 is 1.11. The van der Waals surface area contributed by atoms with Gasteiger partial charge < -0.3 is 14.6 Å². The summed E-state index contributed by atoms with van der Waals surface area (Å²) in [7, 11) is 0. The van der Waals surface area contributed by atoms with Gasteiger partial charge in [-0.25, -0.2) is 4.79 Å². The van der Waals surface area contributed by atoms with Crippen LogP contribution in [-0.4, -0.2) is 33.4 Å². The number of nitrogens with one attached hydrogen (secondary N) is 1. The van der Waals surface area contributed by atoms with Crippen molar-refractivity contribution < 1.29 is 18.8 Å². The lowest BCUT2D eigenvalue weighted by Crippen LogP contribution is -2.25. The first-order valence-electron chi connectivity index (χ1n) is 9.01. The van der Waals surface area contributed by atoms with Gasteiger partial charge in [0.15, 0.2) is 11.4 Å². The van der Waals surface area contributed by atoms with Gasteiger partial charge in [0.25, 0.3) is 11.5 Å². The van der Waals surface area contributed by atoms with E-state index in [0.29, 0.717) is 16.8 Å². The second-order valence-electron chi connectivity index (χ2n) is 6.25. The van der Waals surface area contributed by atoms with Crippen molar-refractivity contribution >= 4 is 39.0 Å². The Morgan fingerprint density at radius 2 is 2.03 bits per heavy atom. The molecule has 0 bridgehead atoms. The van der Waals surface area contributed by atoms with Gasteiger partial charge in [-0.1, -0.05) is 23.4 Å². The lowest BCUT2D eigenvalue weighted by Gasteiger charge is -2.09. The topological polar surface area (TPSA) is 116 Å². The molecule has 0 aliphatic heterocycles. The molecule has 152 valence electrons. The molecule has 3 heterocycles. The number of thiophene rings is 1. The molecule has 0 saturated heterocycles. The van der Waals surface area contributed by atoms with Crippen LogP contribution in [0.4, 0.5) is 5.00 Å². The van der Waals surface area contributed by atoms with Crippen LogP contribution in [0.3, 0.4) is 0 Å². The van der Waals surface area contributed by atoms with Gasteiger partial charge in [0.1, 0.15) is 10.8 Å². The van der Waals surface area contributed by atoms with Crippen molar-refractivity contribution in [2.24, 2.45) is 0 Å². The highest BCUT2D eigenvalue weighted by Gasteiger charge is 2.23. The molecule has 9 nitrogen and oxygen atoms in total. The summed E-state index contributed by atoms with van der Waals surface area (Å²) in [6.45, 7) is 3.51. The molecule has 0 aliphatic rings. The predicted octanol–water partition coefficient (Wildman–Crippen LogP) is 3.17. The zero-order valence-corrected chi connectivity index (χ0v) is 16.9. The van der Waals surface area contributed by atoms with Crippen molar-refractivity contribution in [3.63, 3.8) is 0 Å². The number of esters is 1. The fourth-order valence-corrected chi connectivity index (χ4v) is 3.81. The zero-order valence-electron chi connectivity index (χ0n) is 16.0. The second kappa shape index (κ2) is 7.91. The maximum atomic E-state index is 13.2. The predicted molar refractivity (Wildman–Crippen MR) is 110 cm³/mol. The van der Waals surface area contributed by atoms with E-state index in [-0.39, 0.29) is 28.4 Å². The fourth-order valence-electron chi connectivity index (χ4n) is 2.88. The minimum atomic E-state index is -0.657. The standard InChI is InChI=1S/C20H16N4O5S/c1-3-28-20(27)16-13-10-30-18(21-17(25)14-9-11(2)29-23-14)15(13)19(26)24(22-16)12-7-5-4-6-8-12/h4-10H,3H2,1-2H3,(H,21,25). The number of nitrogens with zero attached hydrogens (tertiary/aromatic N) is 3. The number of aromatic nitrogens is 3. The van der Waals surface area contributed by atoms with Crippen LogP contribution < -0.4 is 10.9 Å². The van der Waals surface area contributed by atoms with Crippen molar-refractivity contribution in [3.05, 3.63) is 69.3 Å². The van der Waals surface area contributed by atoms with Crippen LogP contribution in [0, 0.1) is 6.92 Å². The molecule has 0 unspecified atom stereocenters. The molecule has 10 heteroatoms. The third kappa shape index (κ3) is 3.48. The summed E-state index contributed by atoms with van der Waals surface area (Å²) in [6.07, 6.45) is 0. The Labute approximate surface area is 173 Å². The molecule has 30 heavy (non-hydrogen) atoms. The van der Waals surface area contributed by atoms with E-state index in [1.54, 1.807) is 49.6 Å². The number of aryl methyl sites for hydroxylation is 1. The summed E-state index contributed by atoms with van der Waals surface area (Å²) in [6, 6.07) is 10.2. The van der Waals surface area contributed by atoms with Gasteiger partial charge in [-0.3, -0.25) is 9.59 Å². The number of benzene rings is 1. The average molecular weight is 424 g/mol. The van der Waals surface area contributed by atoms with Gasteiger partial charge >= 0.3 is 5.97 Å². The highest BCUT2D eigenvalue weighted by molar-refractivity contribution is 7.16. The van der Waals surface area contributed by atoms with Crippen LogP contribution in [0.25, 0.3) is 16.5 Å². The SMILES string of the molecule is CCOC(=O)c1nn(-c2ccccc2)c(=O)c2c(NC(=O)c3cc(C)on3)scc12. The summed E-state index contributed by atoms with van der Waals surface area (Å²) in [5.74, 6) is -0.706. The molecule has 1 aromatic carbocycles. The van der Waals surface area contributed by atoms with E-state index in [2.05, 4.69) is 15.6 Å². The fraction of sp³-hybridized carbons (Fsp3) is 0.150. The first-order valence-corrected chi connectivity index (χ1v) is 9.89. The van der Waals surface area contributed by atoms with Crippen molar-refractivity contribution in [2.45, 2.75) is 13.8 Å². The summed E-state index contributed by atoms with van der Waals surface area (Å²) in [4.78, 5) is 38.3. The number of carbonyl (C=O) groups is 2. The molecule has 0 radical (unpaired) electrons. The first kappa shape index (κ1) is 19.5. The molecule has 3 aromatic heterocycles. The van der Waals surface area contributed by atoms with Crippen molar-refractivity contribution in [3.8, 4) is 5.69 Å². The molecule has 4 aromatic rings. The van der Waals surface area contributed by atoms with Gasteiger partial charge in [-0.05, 0) is 26.0 Å². The Kier molecular flexibility index (Phi) is 5.15. The molecule has 4 rings (SSSR count). The van der Waals surface area contributed by atoms with Gasteiger partial charge in [0, 0.05) is 16.8 Å². The third-order valence-electron chi connectivity index (χ3n) is 4.21. The van der Waals surface area contributed by atoms with E-state index in [9.17, 15) is 14.4 Å². The van der Waals surface area contributed by atoms with Crippen LogP contribution in [0.15, 0.2) is 51.1 Å². The highest BCUT2D eigenvalue weighted by Crippen LogP contribution is 2.31. The number of rotatable bonds is 5. The third-order valence-corrected chi connectivity index (χ3v) is 5.11. The largest absolute Gasteiger partial charge is 0.461 e. The normalized spacial score (nSPS) is 10.9. The number of para-hydroxylation sites is 1. The van der Waals surface area contributed by atoms with Gasteiger partial charge in [-0.15, -0.1) is 11.3 Å². The van der Waals surface area contributed by atoms with Crippen LogP contribution in [0.2, 0.25) is 0 Å². The molecule has 0 atom stereocenters. The first-order chi connectivity index (χ1) is 14.5. The number of hydrogen-bond donors (Lipinski definition) is 1. The monoisotopic (exact) mass is 424 g/mol. The Balaban J connectivity index is 1.89. The minimum Gasteiger partial charge on any atom is -0.461 e. The number of amides is 1. The Bertz CT molecular complexity index is 1310. The Morgan fingerprint density at radius 3 is 2.70 bits per heavy atom. The van der Waals surface area contributed by atoms with Crippen molar-refractivity contribution in [1.29, 1.82) is 0 Å². The molecular formula is C20H16N4O5S. The molecular weight excluding hydrogens is 408 g/mol. The van der Waals surface area contributed by atoms with E-state index in [4.69, 9.17) is 9.26 Å². The van der Waals surface area contributed by atoms with Crippen LogP contribution in [0.5, 0.6) is 0 Å². The van der Waals surface area contributed by atoms with Gasteiger partial charge in [0.05, 0.1) is 17.7 Å². The summed E-state index contributed by atoms with van der Waals surface area (Å²) < 4.78 is 11.2. The quantitative estimate of drug-likeness (QED) is 0.489. The minimum absolute atomic E-state index is 0.00988. The number of anilines is 1. The van der Waals surface area contributed by atoms with Crippen LogP contribution >= 0.6 is 11.3 Å². The van der Waals surface area contributed by atoms with E-state index >= 15 is 0 Å². The van der Waals surface area contributed by atoms with E-state index in [0.717, 1.165) is 16.0 Å². The number of carbonyl (C=O) groups excluding carboxylic acids is 2. The second-order valence-corrected chi connectivity index (χ2v) is 7.13. The summed E-state index contributed by atoms with van der Waals surface area (Å²) in [5, 5.41) is 12.9. The van der Waals surface area contributed by atoms with Crippen molar-refractivity contribution in [2.75, 3.05) is 11.9 Å². The molecule has 0 aliphatic carbocycles. The molecule has 1 N–H and O–H groups in total. The Hall–Kier alpha value is -3.79. The maximum Gasteiger partial charge on any atom is 0.359 e. The highest BCUT2D eigenvalue weighted by atomic mass is 32.1. The zero-order chi connectivity index (χ0) is 21.3.